The van der Waals surface area contributed by atoms with Gasteiger partial charge in [-0.25, -0.2) is 4.79 Å². The fourth-order valence-corrected chi connectivity index (χ4v) is 2.07. The highest BCUT2D eigenvalue weighted by molar-refractivity contribution is 5.94. The molecule has 0 radical (unpaired) electrons. The van der Waals surface area contributed by atoms with E-state index in [9.17, 15) is 4.79 Å². The second kappa shape index (κ2) is 4.57. The fraction of sp³-hybridized carbons (Fsp3) is 0.0667. The van der Waals surface area contributed by atoms with E-state index >= 15 is 0 Å². The van der Waals surface area contributed by atoms with Crippen molar-refractivity contribution in [2.75, 3.05) is 7.11 Å². The molecule has 3 aromatic rings. The Balaban J connectivity index is 2.05. The molecule has 4 nitrogen and oxygen atoms in total. The molecule has 0 bridgehead atoms. The third-order valence-corrected chi connectivity index (χ3v) is 3.05. The first-order valence-electron chi connectivity index (χ1n) is 5.91. The number of ether oxygens (including phenoxy) is 1. The number of aromatic nitrogens is 2. The Morgan fingerprint density at radius 3 is 2.58 bits per heavy atom. The number of hydrogen-bond donors (Lipinski definition) is 1. The molecule has 0 saturated heterocycles. The zero-order chi connectivity index (χ0) is 13.2. The van der Waals surface area contributed by atoms with E-state index in [1.165, 1.54) is 7.11 Å². The standard InChI is InChI=1S/C15H12N2O2/c1-19-15(18)11-8-6-10(7-9-11)14-12-4-2-3-5-13(12)16-17-14/h2-9H,1H3,(H,16,17). The van der Waals surface area contributed by atoms with Crippen molar-refractivity contribution in [2.24, 2.45) is 0 Å². The molecular weight excluding hydrogens is 240 g/mol. The molecule has 4 heteroatoms. The number of aromatic amines is 1. The summed E-state index contributed by atoms with van der Waals surface area (Å²) < 4.78 is 4.68. The first kappa shape index (κ1) is 11.5. The topological polar surface area (TPSA) is 55.0 Å². The van der Waals surface area contributed by atoms with E-state index in [4.69, 9.17) is 0 Å². The first-order chi connectivity index (χ1) is 9.29. The molecule has 1 N–H and O–H groups in total. The lowest BCUT2D eigenvalue weighted by atomic mass is 10.1. The monoisotopic (exact) mass is 252 g/mol. The van der Waals surface area contributed by atoms with Gasteiger partial charge in [-0.1, -0.05) is 30.3 Å². The van der Waals surface area contributed by atoms with Crippen LogP contribution in [0.3, 0.4) is 0 Å². The maximum Gasteiger partial charge on any atom is 0.337 e. The van der Waals surface area contributed by atoms with Crippen LogP contribution in [0, 0.1) is 0 Å². The van der Waals surface area contributed by atoms with Gasteiger partial charge in [0.2, 0.25) is 0 Å². The van der Waals surface area contributed by atoms with Gasteiger partial charge in [-0.05, 0) is 18.2 Å². The van der Waals surface area contributed by atoms with Crippen LogP contribution in [0.1, 0.15) is 10.4 Å². The number of hydrogen-bond acceptors (Lipinski definition) is 3. The van der Waals surface area contributed by atoms with E-state index in [2.05, 4.69) is 14.9 Å². The lowest BCUT2D eigenvalue weighted by Crippen LogP contribution is -2.00. The maximum absolute atomic E-state index is 11.4. The Labute approximate surface area is 110 Å². The van der Waals surface area contributed by atoms with E-state index in [1.54, 1.807) is 12.1 Å². The van der Waals surface area contributed by atoms with Crippen LogP contribution in [0.25, 0.3) is 22.2 Å². The van der Waals surface area contributed by atoms with Gasteiger partial charge in [0.05, 0.1) is 23.9 Å². The Kier molecular flexibility index (Phi) is 2.76. The molecule has 0 aliphatic heterocycles. The summed E-state index contributed by atoms with van der Waals surface area (Å²) in [5.41, 5.74) is 3.37. The Bertz CT molecular complexity index is 729. The molecule has 0 unspecified atom stereocenters. The van der Waals surface area contributed by atoms with Crippen LogP contribution in [0.4, 0.5) is 0 Å². The lowest BCUT2D eigenvalue weighted by Gasteiger charge is -2.01. The van der Waals surface area contributed by atoms with Crippen molar-refractivity contribution < 1.29 is 9.53 Å². The number of benzene rings is 2. The number of fused-ring (bicyclic) bond motifs is 1. The van der Waals surface area contributed by atoms with Gasteiger partial charge in [0.25, 0.3) is 0 Å². The van der Waals surface area contributed by atoms with Gasteiger partial charge >= 0.3 is 5.97 Å². The predicted molar refractivity (Wildman–Crippen MR) is 72.9 cm³/mol. The van der Waals surface area contributed by atoms with Gasteiger partial charge in [-0.15, -0.1) is 0 Å². The largest absolute Gasteiger partial charge is 0.465 e. The van der Waals surface area contributed by atoms with Gasteiger partial charge in [-0.3, -0.25) is 5.10 Å². The number of rotatable bonds is 2. The fourth-order valence-electron chi connectivity index (χ4n) is 2.07. The van der Waals surface area contributed by atoms with Crippen molar-refractivity contribution in [2.45, 2.75) is 0 Å². The Hall–Kier alpha value is -2.62. The van der Waals surface area contributed by atoms with E-state index in [-0.39, 0.29) is 5.97 Å². The molecular formula is C15H12N2O2. The molecule has 0 atom stereocenters. The summed E-state index contributed by atoms with van der Waals surface area (Å²) in [4.78, 5) is 11.4. The van der Waals surface area contributed by atoms with E-state index in [0.29, 0.717) is 5.56 Å². The molecule has 19 heavy (non-hydrogen) atoms. The van der Waals surface area contributed by atoms with Crippen molar-refractivity contribution in [3.8, 4) is 11.3 Å². The molecule has 3 rings (SSSR count). The van der Waals surface area contributed by atoms with Gasteiger partial charge in [0.15, 0.2) is 0 Å². The minimum atomic E-state index is -0.335. The summed E-state index contributed by atoms with van der Waals surface area (Å²) in [6.07, 6.45) is 0. The van der Waals surface area contributed by atoms with Crippen LogP contribution in [-0.2, 0) is 4.74 Å². The molecule has 0 aliphatic carbocycles. The average Bonchev–Trinajstić information content (AvgIpc) is 2.90. The molecule has 2 aromatic carbocycles. The van der Waals surface area contributed by atoms with Crippen LogP contribution in [0.5, 0.6) is 0 Å². The SMILES string of the molecule is COC(=O)c1ccc(-c2n[nH]c3ccccc23)cc1. The minimum absolute atomic E-state index is 0.335. The number of H-pyrrole nitrogens is 1. The number of carbonyl (C=O) groups excluding carboxylic acids is 1. The average molecular weight is 252 g/mol. The molecule has 0 spiro atoms. The highest BCUT2D eigenvalue weighted by Crippen LogP contribution is 2.26. The Morgan fingerprint density at radius 2 is 1.84 bits per heavy atom. The minimum Gasteiger partial charge on any atom is -0.465 e. The van der Waals surface area contributed by atoms with Crippen molar-refractivity contribution in [3.05, 3.63) is 54.1 Å². The molecule has 94 valence electrons. The van der Waals surface area contributed by atoms with Crippen LogP contribution in [-0.4, -0.2) is 23.3 Å². The second-order valence-corrected chi connectivity index (χ2v) is 4.19. The highest BCUT2D eigenvalue weighted by atomic mass is 16.5. The lowest BCUT2D eigenvalue weighted by molar-refractivity contribution is 0.0601. The summed E-state index contributed by atoms with van der Waals surface area (Å²) in [6, 6.07) is 15.2. The number of methoxy groups -OCH3 is 1. The van der Waals surface area contributed by atoms with Crippen LogP contribution in [0.15, 0.2) is 48.5 Å². The van der Waals surface area contributed by atoms with Crippen molar-refractivity contribution in [1.29, 1.82) is 0 Å². The summed E-state index contributed by atoms with van der Waals surface area (Å²) in [5.74, 6) is -0.335. The Morgan fingerprint density at radius 1 is 1.11 bits per heavy atom. The number of esters is 1. The molecule has 0 aliphatic rings. The van der Waals surface area contributed by atoms with Crippen molar-refractivity contribution >= 4 is 16.9 Å². The van der Waals surface area contributed by atoms with Gasteiger partial charge in [0, 0.05) is 10.9 Å². The predicted octanol–water partition coefficient (Wildman–Crippen LogP) is 3.02. The zero-order valence-electron chi connectivity index (χ0n) is 10.4. The van der Waals surface area contributed by atoms with E-state index in [1.807, 2.05) is 36.4 Å². The van der Waals surface area contributed by atoms with Gasteiger partial charge < -0.3 is 4.74 Å². The third kappa shape index (κ3) is 1.97. The van der Waals surface area contributed by atoms with Crippen molar-refractivity contribution in [3.63, 3.8) is 0 Å². The molecule has 0 saturated carbocycles. The van der Waals surface area contributed by atoms with Crippen LogP contribution < -0.4 is 0 Å². The quantitative estimate of drug-likeness (QED) is 0.713. The zero-order valence-corrected chi connectivity index (χ0v) is 10.4. The number of carbonyl (C=O) groups is 1. The first-order valence-corrected chi connectivity index (χ1v) is 5.91. The maximum atomic E-state index is 11.4. The molecule has 1 aromatic heterocycles. The summed E-state index contributed by atoms with van der Waals surface area (Å²) in [7, 11) is 1.37. The normalized spacial score (nSPS) is 10.6. The van der Waals surface area contributed by atoms with E-state index in [0.717, 1.165) is 22.2 Å². The molecule has 0 amide bonds. The number of nitrogens with zero attached hydrogens (tertiary/aromatic N) is 1. The molecule has 0 fully saturated rings. The highest BCUT2D eigenvalue weighted by Gasteiger charge is 2.09. The van der Waals surface area contributed by atoms with Crippen LogP contribution in [0.2, 0.25) is 0 Å². The number of para-hydroxylation sites is 1. The second-order valence-electron chi connectivity index (χ2n) is 4.19. The summed E-state index contributed by atoms with van der Waals surface area (Å²) >= 11 is 0. The summed E-state index contributed by atoms with van der Waals surface area (Å²) in [6.45, 7) is 0. The summed E-state index contributed by atoms with van der Waals surface area (Å²) in [5, 5.41) is 8.38. The molecule has 1 heterocycles. The number of nitrogens with one attached hydrogen (secondary N) is 1. The van der Waals surface area contributed by atoms with Crippen molar-refractivity contribution in [1.82, 2.24) is 10.2 Å². The third-order valence-electron chi connectivity index (χ3n) is 3.05. The van der Waals surface area contributed by atoms with E-state index < -0.39 is 0 Å². The smallest absolute Gasteiger partial charge is 0.337 e. The van der Waals surface area contributed by atoms with Gasteiger partial charge in [0.1, 0.15) is 0 Å². The van der Waals surface area contributed by atoms with Crippen LogP contribution >= 0.6 is 0 Å². The van der Waals surface area contributed by atoms with Gasteiger partial charge in [-0.2, -0.15) is 5.10 Å².